The van der Waals surface area contributed by atoms with E-state index in [-0.39, 0.29) is 12.3 Å². The normalized spacial score (nSPS) is 17.5. The summed E-state index contributed by atoms with van der Waals surface area (Å²) in [5.74, 6) is 1.04. The molecular weight excluding hydrogens is 330 g/mol. The lowest BCUT2D eigenvalue weighted by Crippen LogP contribution is -2.38. The number of aromatic nitrogens is 1. The zero-order valence-electron chi connectivity index (χ0n) is 15.4. The molecule has 1 fully saturated rings. The number of rotatable bonds is 7. The standard InChI is InChI=1S/C20H29N3O3/c24-18(23-13-10-15(11-14-23)3-1-5-19(25)26)9-8-17-7-6-16-4-2-12-21-20(16)22-17/h6-7,15H,1-5,8-14H2,(H,21,22)(H,25,26). The maximum atomic E-state index is 12.5. The van der Waals surface area contributed by atoms with Gasteiger partial charge in [0.25, 0.3) is 0 Å². The van der Waals surface area contributed by atoms with Gasteiger partial charge in [0.15, 0.2) is 0 Å². The van der Waals surface area contributed by atoms with Crippen molar-refractivity contribution in [2.75, 3.05) is 25.0 Å². The molecule has 2 aliphatic rings. The molecular formula is C20H29N3O3. The number of aliphatic carboxylic acids is 1. The summed E-state index contributed by atoms with van der Waals surface area (Å²) in [6.45, 7) is 2.58. The fourth-order valence-corrected chi connectivity index (χ4v) is 3.91. The largest absolute Gasteiger partial charge is 0.481 e. The van der Waals surface area contributed by atoms with Crippen LogP contribution in [0.2, 0.25) is 0 Å². The topological polar surface area (TPSA) is 82.5 Å². The first-order valence-electron chi connectivity index (χ1n) is 9.84. The summed E-state index contributed by atoms with van der Waals surface area (Å²) in [5.41, 5.74) is 2.26. The third-order valence-electron chi connectivity index (χ3n) is 5.52. The summed E-state index contributed by atoms with van der Waals surface area (Å²) in [5, 5.41) is 12.1. The molecule has 0 saturated carbocycles. The van der Waals surface area contributed by atoms with Crippen LogP contribution in [0.15, 0.2) is 12.1 Å². The maximum absolute atomic E-state index is 12.5. The molecule has 1 aromatic heterocycles. The van der Waals surface area contributed by atoms with Gasteiger partial charge in [-0.2, -0.15) is 0 Å². The number of pyridine rings is 1. The summed E-state index contributed by atoms with van der Waals surface area (Å²) in [6, 6.07) is 4.19. The first kappa shape index (κ1) is 18.7. The van der Waals surface area contributed by atoms with E-state index in [4.69, 9.17) is 5.11 Å². The van der Waals surface area contributed by atoms with Crippen molar-refractivity contribution < 1.29 is 14.7 Å². The zero-order chi connectivity index (χ0) is 18.4. The van der Waals surface area contributed by atoms with Gasteiger partial charge in [-0.15, -0.1) is 0 Å². The molecule has 0 unspecified atom stereocenters. The van der Waals surface area contributed by atoms with Gasteiger partial charge in [0, 0.05) is 38.2 Å². The Morgan fingerprint density at radius 2 is 2.04 bits per heavy atom. The second-order valence-electron chi connectivity index (χ2n) is 7.45. The van der Waals surface area contributed by atoms with Crippen LogP contribution in [0.3, 0.4) is 0 Å². The van der Waals surface area contributed by atoms with E-state index < -0.39 is 5.97 Å². The second-order valence-corrected chi connectivity index (χ2v) is 7.45. The van der Waals surface area contributed by atoms with Crippen LogP contribution in [0.25, 0.3) is 0 Å². The molecule has 0 aliphatic carbocycles. The quantitative estimate of drug-likeness (QED) is 0.782. The zero-order valence-corrected chi connectivity index (χ0v) is 15.4. The Bertz CT molecular complexity index is 639. The number of nitrogens with zero attached hydrogens (tertiary/aromatic N) is 2. The third-order valence-corrected chi connectivity index (χ3v) is 5.52. The number of carboxylic acid groups (broad SMARTS) is 1. The molecule has 0 atom stereocenters. The van der Waals surface area contributed by atoms with Crippen LogP contribution in [0.5, 0.6) is 0 Å². The van der Waals surface area contributed by atoms with Gasteiger partial charge in [0.1, 0.15) is 5.82 Å². The van der Waals surface area contributed by atoms with Crippen LogP contribution >= 0.6 is 0 Å². The number of fused-ring (bicyclic) bond motifs is 1. The Kier molecular flexibility index (Phi) is 6.47. The SMILES string of the molecule is O=C(O)CCCC1CCN(C(=O)CCc2ccc3c(n2)NCCC3)CC1. The number of anilines is 1. The summed E-state index contributed by atoms with van der Waals surface area (Å²) in [4.78, 5) is 29.7. The minimum Gasteiger partial charge on any atom is -0.481 e. The lowest BCUT2D eigenvalue weighted by atomic mass is 9.91. The first-order chi connectivity index (χ1) is 12.6. The van der Waals surface area contributed by atoms with Gasteiger partial charge in [-0.3, -0.25) is 9.59 Å². The van der Waals surface area contributed by atoms with Crippen molar-refractivity contribution >= 4 is 17.7 Å². The Hall–Kier alpha value is -2.11. The number of carbonyl (C=O) groups excluding carboxylic acids is 1. The molecule has 0 bridgehead atoms. The minimum atomic E-state index is -0.719. The predicted molar refractivity (Wildman–Crippen MR) is 100 cm³/mol. The number of carboxylic acids is 1. The fraction of sp³-hybridized carbons (Fsp3) is 0.650. The monoisotopic (exact) mass is 359 g/mol. The number of hydrogen-bond donors (Lipinski definition) is 2. The number of likely N-dealkylation sites (tertiary alicyclic amines) is 1. The van der Waals surface area contributed by atoms with Crippen LogP contribution in [-0.4, -0.2) is 46.5 Å². The van der Waals surface area contributed by atoms with Crippen molar-refractivity contribution in [2.45, 2.75) is 57.8 Å². The van der Waals surface area contributed by atoms with E-state index in [0.29, 0.717) is 18.8 Å². The van der Waals surface area contributed by atoms with Crippen LogP contribution in [0.1, 0.15) is 56.2 Å². The van der Waals surface area contributed by atoms with Crippen molar-refractivity contribution in [1.82, 2.24) is 9.88 Å². The number of nitrogens with one attached hydrogen (secondary N) is 1. The lowest BCUT2D eigenvalue weighted by Gasteiger charge is -2.32. The van der Waals surface area contributed by atoms with E-state index in [9.17, 15) is 9.59 Å². The first-order valence-corrected chi connectivity index (χ1v) is 9.84. The highest BCUT2D eigenvalue weighted by molar-refractivity contribution is 5.76. The van der Waals surface area contributed by atoms with Crippen LogP contribution < -0.4 is 5.32 Å². The van der Waals surface area contributed by atoms with Gasteiger partial charge in [-0.05, 0) is 62.5 Å². The van der Waals surface area contributed by atoms with Gasteiger partial charge in [-0.1, -0.05) is 6.07 Å². The summed E-state index contributed by atoms with van der Waals surface area (Å²) in [7, 11) is 0. The molecule has 0 radical (unpaired) electrons. The molecule has 1 aromatic rings. The number of carbonyl (C=O) groups is 2. The van der Waals surface area contributed by atoms with Crippen LogP contribution in [0.4, 0.5) is 5.82 Å². The van der Waals surface area contributed by atoms with Gasteiger partial charge >= 0.3 is 5.97 Å². The summed E-state index contributed by atoms with van der Waals surface area (Å²) < 4.78 is 0. The summed E-state index contributed by atoms with van der Waals surface area (Å²) >= 11 is 0. The van der Waals surface area contributed by atoms with Crippen molar-refractivity contribution in [3.8, 4) is 0 Å². The molecule has 0 aromatic carbocycles. The molecule has 26 heavy (non-hydrogen) atoms. The second kappa shape index (κ2) is 9.01. The molecule has 6 heteroatoms. The molecule has 3 rings (SSSR count). The van der Waals surface area contributed by atoms with Gasteiger partial charge in [0.2, 0.25) is 5.91 Å². The van der Waals surface area contributed by atoms with Crippen LogP contribution in [-0.2, 0) is 22.4 Å². The molecule has 2 N–H and O–H groups in total. The maximum Gasteiger partial charge on any atom is 0.303 e. The molecule has 1 amide bonds. The minimum absolute atomic E-state index is 0.210. The van der Waals surface area contributed by atoms with Gasteiger partial charge in [0.05, 0.1) is 0 Å². The number of aryl methyl sites for hydroxylation is 2. The highest BCUT2D eigenvalue weighted by Gasteiger charge is 2.22. The Morgan fingerprint density at radius 3 is 2.81 bits per heavy atom. The van der Waals surface area contributed by atoms with E-state index in [2.05, 4.69) is 16.4 Å². The number of piperidine rings is 1. The third kappa shape index (κ3) is 5.19. The highest BCUT2D eigenvalue weighted by Crippen LogP contribution is 2.24. The van der Waals surface area contributed by atoms with Gasteiger partial charge < -0.3 is 15.3 Å². The predicted octanol–water partition coefficient (Wildman–Crippen LogP) is 2.87. The highest BCUT2D eigenvalue weighted by atomic mass is 16.4. The molecule has 142 valence electrons. The van der Waals surface area contributed by atoms with Crippen molar-refractivity contribution in [3.05, 3.63) is 23.4 Å². The fourth-order valence-electron chi connectivity index (χ4n) is 3.91. The molecule has 0 spiro atoms. The summed E-state index contributed by atoms with van der Waals surface area (Å²) in [6.07, 6.45) is 7.36. The smallest absolute Gasteiger partial charge is 0.303 e. The van der Waals surface area contributed by atoms with Crippen molar-refractivity contribution in [3.63, 3.8) is 0 Å². The Morgan fingerprint density at radius 1 is 1.23 bits per heavy atom. The molecule has 2 aliphatic heterocycles. The van der Waals surface area contributed by atoms with Crippen LogP contribution in [0, 0.1) is 5.92 Å². The van der Waals surface area contributed by atoms with Crippen molar-refractivity contribution in [1.29, 1.82) is 0 Å². The average molecular weight is 359 g/mol. The van der Waals surface area contributed by atoms with Gasteiger partial charge in [-0.25, -0.2) is 4.98 Å². The Labute approximate surface area is 155 Å². The molecule has 6 nitrogen and oxygen atoms in total. The van der Waals surface area contributed by atoms with E-state index in [1.54, 1.807) is 0 Å². The van der Waals surface area contributed by atoms with E-state index in [1.165, 1.54) is 5.56 Å². The average Bonchev–Trinajstić information content (AvgIpc) is 2.66. The van der Waals surface area contributed by atoms with E-state index in [1.807, 2.05) is 11.0 Å². The molecule has 1 saturated heterocycles. The lowest BCUT2D eigenvalue weighted by molar-refractivity contribution is -0.137. The molecule has 3 heterocycles. The Balaban J connectivity index is 1.40. The number of hydrogen-bond acceptors (Lipinski definition) is 4. The van der Waals surface area contributed by atoms with E-state index >= 15 is 0 Å². The van der Waals surface area contributed by atoms with Crippen molar-refractivity contribution in [2.24, 2.45) is 5.92 Å². The number of amides is 1. The van der Waals surface area contributed by atoms with E-state index in [0.717, 1.165) is 69.7 Å².